The van der Waals surface area contributed by atoms with Gasteiger partial charge in [-0.25, -0.2) is 0 Å². The molecule has 0 saturated carbocycles. The molecule has 5 nitrogen and oxygen atoms in total. The Bertz CT molecular complexity index is 1320. The Labute approximate surface area is 187 Å². The molecule has 170 valence electrons. The summed E-state index contributed by atoms with van der Waals surface area (Å²) in [4.78, 5) is 39.1. The van der Waals surface area contributed by atoms with Gasteiger partial charge in [-0.2, -0.15) is 13.2 Å². The van der Waals surface area contributed by atoms with E-state index in [-0.39, 0.29) is 29.0 Å². The topological polar surface area (TPSA) is 68.2 Å². The van der Waals surface area contributed by atoms with E-state index in [9.17, 15) is 27.6 Å². The van der Waals surface area contributed by atoms with E-state index in [1.807, 2.05) is 26.0 Å². The van der Waals surface area contributed by atoms with Gasteiger partial charge in [-0.3, -0.25) is 19.0 Å². The van der Waals surface area contributed by atoms with Crippen LogP contribution >= 0.6 is 0 Å². The molecule has 1 aliphatic rings. The normalized spacial score (nSPS) is 13.5. The Kier molecular flexibility index (Phi) is 5.69. The third kappa shape index (κ3) is 4.33. The first-order valence-corrected chi connectivity index (χ1v) is 10.4. The number of hydrogen-bond acceptors (Lipinski definition) is 3. The van der Waals surface area contributed by atoms with Gasteiger partial charge in [0.25, 0.3) is 11.5 Å². The number of hydrogen-bond donors (Lipinski definition) is 1. The second-order valence-corrected chi connectivity index (χ2v) is 8.15. The summed E-state index contributed by atoms with van der Waals surface area (Å²) in [6.45, 7) is 3.68. The van der Waals surface area contributed by atoms with Crippen LogP contribution < -0.4 is 10.9 Å². The van der Waals surface area contributed by atoms with Gasteiger partial charge in [-0.1, -0.05) is 12.1 Å². The molecular weight excluding hydrogens is 433 g/mol. The van der Waals surface area contributed by atoms with Crippen molar-refractivity contribution in [2.24, 2.45) is 0 Å². The fourth-order valence-corrected chi connectivity index (χ4v) is 3.99. The number of halogens is 3. The Balaban J connectivity index is 1.85. The second kappa shape index (κ2) is 8.35. The Morgan fingerprint density at radius 2 is 1.67 bits per heavy atom. The van der Waals surface area contributed by atoms with Crippen LogP contribution in [0.5, 0.6) is 0 Å². The van der Waals surface area contributed by atoms with Gasteiger partial charge >= 0.3 is 6.18 Å². The zero-order valence-corrected chi connectivity index (χ0v) is 18.0. The third-order valence-electron chi connectivity index (χ3n) is 5.76. The number of ketones is 1. The zero-order chi connectivity index (χ0) is 23.9. The number of amides is 1. The molecule has 4 rings (SSSR count). The number of anilines is 1. The van der Waals surface area contributed by atoms with E-state index < -0.39 is 23.2 Å². The van der Waals surface area contributed by atoms with Crippen molar-refractivity contribution in [1.29, 1.82) is 0 Å². The quantitative estimate of drug-likeness (QED) is 0.588. The molecule has 0 aliphatic heterocycles. The summed E-state index contributed by atoms with van der Waals surface area (Å²) in [6, 6.07) is 10.9. The highest BCUT2D eigenvalue weighted by Crippen LogP contribution is 2.30. The summed E-state index contributed by atoms with van der Waals surface area (Å²) in [5.41, 5.74) is 1.27. The number of alkyl halides is 3. The van der Waals surface area contributed by atoms with E-state index in [0.717, 1.165) is 23.3 Å². The molecule has 0 saturated heterocycles. The molecule has 1 amide bonds. The van der Waals surface area contributed by atoms with Gasteiger partial charge in [-0.05, 0) is 74.2 Å². The van der Waals surface area contributed by atoms with Gasteiger partial charge in [0.2, 0.25) is 0 Å². The van der Waals surface area contributed by atoms with E-state index >= 15 is 0 Å². The smallest absolute Gasteiger partial charge is 0.322 e. The summed E-state index contributed by atoms with van der Waals surface area (Å²) in [5, 5.41) is 2.73. The van der Waals surface area contributed by atoms with Crippen LogP contribution in [0.4, 0.5) is 18.9 Å². The average Bonchev–Trinajstić information content (AvgIpc) is 2.75. The molecule has 8 heteroatoms. The molecule has 33 heavy (non-hydrogen) atoms. The Morgan fingerprint density at radius 3 is 2.33 bits per heavy atom. The Hall–Kier alpha value is -3.68. The lowest BCUT2D eigenvalue weighted by atomic mass is 9.92. The molecule has 1 aromatic heterocycles. The van der Waals surface area contributed by atoms with Gasteiger partial charge in [0.15, 0.2) is 5.78 Å². The highest BCUT2D eigenvalue weighted by atomic mass is 19.4. The lowest BCUT2D eigenvalue weighted by molar-refractivity contribution is -0.137. The molecule has 3 aromatic rings. The number of carbonyl (C=O) groups excluding carboxylic acids is 2. The lowest BCUT2D eigenvalue weighted by Gasteiger charge is -2.22. The summed E-state index contributed by atoms with van der Waals surface area (Å²) in [7, 11) is 0. The van der Waals surface area contributed by atoms with Crippen LogP contribution in [0.25, 0.3) is 5.69 Å². The number of rotatable bonds is 3. The number of nitrogens with zero attached hydrogens (tertiary/aromatic N) is 1. The van der Waals surface area contributed by atoms with Crippen molar-refractivity contribution < 1.29 is 22.8 Å². The van der Waals surface area contributed by atoms with Crippen molar-refractivity contribution in [2.75, 3.05) is 5.32 Å². The van der Waals surface area contributed by atoms with Crippen molar-refractivity contribution >= 4 is 17.4 Å². The molecule has 0 unspecified atom stereocenters. The van der Waals surface area contributed by atoms with E-state index in [1.165, 1.54) is 22.8 Å². The van der Waals surface area contributed by atoms with Gasteiger partial charge in [0.05, 0.1) is 5.56 Å². The first-order chi connectivity index (χ1) is 15.6. The van der Waals surface area contributed by atoms with E-state index in [1.54, 1.807) is 6.07 Å². The third-order valence-corrected chi connectivity index (χ3v) is 5.76. The minimum Gasteiger partial charge on any atom is -0.322 e. The van der Waals surface area contributed by atoms with Crippen LogP contribution in [0.15, 0.2) is 53.3 Å². The lowest BCUT2D eigenvalue weighted by Crippen LogP contribution is -2.33. The number of aromatic nitrogens is 1. The highest BCUT2D eigenvalue weighted by Gasteiger charge is 2.31. The average molecular weight is 454 g/mol. The van der Waals surface area contributed by atoms with Crippen molar-refractivity contribution in [3.63, 3.8) is 0 Å². The molecular formula is C25H21F3N2O3. The molecule has 0 bridgehead atoms. The molecule has 0 spiro atoms. The largest absolute Gasteiger partial charge is 0.416 e. The molecule has 2 aromatic carbocycles. The summed E-state index contributed by atoms with van der Waals surface area (Å²) >= 11 is 0. The molecule has 0 radical (unpaired) electrons. The van der Waals surface area contributed by atoms with Crippen LogP contribution in [0.2, 0.25) is 0 Å². The van der Waals surface area contributed by atoms with Gasteiger partial charge < -0.3 is 5.32 Å². The maximum absolute atomic E-state index is 13.4. The maximum Gasteiger partial charge on any atom is 0.416 e. The van der Waals surface area contributed by atoms with Crippen molar-refractivity contribution in [3.8, 4) is 5.69 Å². The predicted octanol–water partition coefficient (Wildman–Crippen LogP) is 5.24. The monoisotopic (exact) mass is 454 g/mol. The van der Waals surface area contributed by atoms with Gasteiger partial charge in [0.1, 0.15) is 5.56 Å². The highest BCUT2D eigenvalue weighted by molar-refractivity contribution is 6.07. The van der Waals surface area contributed by atoms with Crippen LogP contribution in [-0.2, 0) is 12.6 Å². The zero-order valence-electron chi connectivity index (χ0n) is 18.0. The number of Topliss-reactive ketones (excluding diaryl/α,β-unsaturated/α-hetero) is 1. The summed E-state index contributed by atoms with van der Waals surface area (Å²) in [5.74, 6) is -0.895. The first-order valence-electron chi connectivity index (χ1n) is 10.4. The molecule has 0 fully saturated rings. The van der Waals surface area contributed by atoms with Gasteiger partial charge in [-0.15, -0.1) is 0 Å². The standard InChI is InChI=1S/C25H21F3N2O3/c1-14-6-7-15(2)20(12-14)29-23(32)19-13-18-21(4-3-5-22(18)31)30(24(19)33)17-10-8-16(9-11-17)25(26,27)28/h6-13H,3-5H2,1-2H3,(H,29,32). The van der Waals surface area contributed by atoms with E-state index in [4.69, 9.17) is 0 Å². The number of aryl methyl sites for hydroxylation is 2. The van der Waals surface area contributed by atoms with Crippen molar-refractivity contribution in [3.05, 3.63) is 92.4 Å². The maximum atomic E-state index is 13.4. The fraction of sp³-hybridized carbons (Fsp3) is 0.240. The minimum atomic E-state index is -4.52. The summed E-state index contributed by atoms with van der Waals surface area (Å²) < 4.78 is 40.2. The number of nitrogens with one attached hydrogen (secondary N) is 1. The van der Waals surface area contributed by atoms with Crippen LogP contribution in [-0.4, -0.2) is 16.3 Å². The molecule has 0 atom stereocenters. The van der Waals surface area contributed by atoms with Crippen LogP contribution in [0.1, 0.15) is 55.9 Å². The van der Waals surface area contributed by atoms with Crippen LogP contribution in [0.3, 0.4) is 0 Å². The fourth-order valence-electron chi connectivity index (χ4n) is 3.99. The first kappa shape index (κ1) is 22.5. The second-order valence-electron chi connectivity index (χ2n) is 8.15. The molecule has 1 N–H and O–H groups in total. The van der Waals surface area contributed by atoms with Crippen molar-refractivity contribution in [2.45, 2.75) is 39.3 Å². The van der Waals surface area contributed by atoms with Crippen molar-refractivity contribution in [1.82, 2.24) is 4.57 Å². The number of carbonyl (C=O) groups is 2. The van der Waals surface area contributed by atoms with Crippen LogP contribution in [0, 0.1) is 13.8 Å². The van der Waals surface area contributed by atoms with Gasteiger partial charge in [0, 0.05) is 29.1 Å². The van der Waals surface area contributed by atoms with E-state index in [0.29, 0.717) is 24.2 Å². The number of pyridine rings is 1. The van der Waals surface area contributed by atoms with E-state index in [2.05, 4.69) is 5.32 Å². The minimum absolute atomic E-state index is 0.167. The SMILES string of the molecule is Cc1ccc(C)c(NC(=O)c2cc3c(n(-c4ccc(C(F)(F)F)cc4)c2=O)CCCC3=O)c1. The molecule has 1 aliphatic carbocycles. The Morgan fingerprint density at radius 1 is 0.970 bits per heavy atom. The number of benzene rings is 2. The molecule has 1 heterocycles. The summed E-state index contributed by atoms with van der Waals surface area (Å²) in [6.07, 6.45) is -3.33. The predicted molar refractivity (Wildman–Crippen MR) is 118 cm³/mol. The number of fused-ring (bicyclic) bond motifs is 1.